The molecule has 0 aromatic rings. The van der Waals surface area contributed by atoms with Crippen molar-refractivity contribution < 1.29 is 14.7 Å². The highest BCUT2D eigenvalue weighted by Gasteiger charge is 2.31. The molecule has 1 aliphatic heterocycles. The molecule has 2 unspecified atom stereocenters. The predicted octanol–water partition coefficient (Wildman–Crippen LogP) is -0.511. The van der Waals surface area contributed by atoms with Crippen LogP contribution < -0.4 is 5.32 Å². The second-order valence-corrected chi connectivity index (χ2v) is 2.66. The Balaban J connectivity index is 2.59. The van der Waals surface area contributed by atoms with Gasteiger partial charge in [0.2, 0.25) is 5.91 Å². The van der Waals surface area contributed by atoms with Gasteiger partial charge in [-0.05, 0) is 12.8 Å². The zero-order chi connectivity index (χ0) is 9.14. The van der Waals surface area contributed by atoms with Crippen LogP contribution >= 0.6 is 0 Å². The van der Waals surface area contributed by atoms with E-state index in [1.165, 1.54) is 0 Å². The van der Waals surface area contributed by atoms with E-state index in [2.05, 4.69) is 5.32 Å². The number of hydrogen-bond donors (Lipinski definition) is 2. The lowest BCUT2D eigenvalue weighted by Gasteiger charge is -2.22. The monoisotopic (exact) mass is 168 g/mol. The summed E-state index contributed by atoms with van der Waals surface area (Å²) >= 11 is 0. The molecule has 1 heterocycles. The smallest absolute Gasteiger partial charge is 0.326 e. The molecule has 1 saturated heterocycles. The molecule has 1 amide bonds. The quantitative estimate of drug-likeness (QED) is 0.551. The summed E-state index contributed by atoms with van der Waals surface area (Å²) in [5.74, 6) is -2.20. The predicted molar refractivity (Wildman–Crippen MR) is 37.9 cm³/mol. The van der Waals surface area contributed by atoms with Crippen molar-refractivity contribution in [3.05, 3.63) is 0 Å². The Morgan fingerprint density at radius 3 is 2.75 bits per heavy atom. The van der Waals surface area contributed by atoms with E-state index >= 15 is 0 Å². The summed E-state index contributed by atoms with van der Waals surface area (Å²) in [6.07, 6.45) is 0.665. The normalized spacial score (nSPS) is 28.8. The van der Waals surface area contributed by atoms with Crippen LogP contribution in [0.25, 0.3) is 0 Å². The van der Waals surface area contributed by atoms with Crippen molar-refractivity contribution in [2.24, 2.45) is 5.92 Å². The molecular weight excluding hydrogens is 160 g/mol. The first-order valence-corrected chi connectivity index (χ1v) is 3.58. The first-order chi connectivity index (χ1) is 5.65. The molecule has 64 valence electrons. The topological polar surface area (TPSA) is 90.2 Å². The lowest BCUT2D eigenvalue weighted by atomic mass is 9.95. The van der Waals surface area contributed by atoms with Gasteiger partial charge in [-0.2, -0.15) is 5.26 Å². The Hall–Kier alpha value is -1.57. The Labute approximate surface area is 69.0 Å². The number of carboxylic acids is 1. The lowest BCUT2D eigenvalue weighted by molar-refractivity contribution is -0.143. The van der Waals surface area contributed by atoms with E-state index in [1.807, 2.05) is 6.07 Å². The van der Waals surface area contributed by atoms with Crippen molar-refractivity contribution in [2.45, 2.75) is 18.9 Å². The number of nitriles is 1. The molecule has 2 atom stereocenters. The average Bonchev–Trinajstić information content (AvgIpc) is 2.04. The van der Waals surface area contributed by atoms with E-state index in [-0.39, 0.29) is 0 Å². The van der Waals surface area contributed by atoms with Crippen LogP contribution in [0.4, 0.5) is 0 Å². The minimum atomic E-state index is -1.04. The zero-order valence-electron chi connectivity index (χ0n) is 6.28. The number of carbonyl (C=O) groups excluding carboxylic acids is 1. The van der Waals surface area contributed by atoms with Crippen LogP contribution in [-0.2, 0) is 9.59 Å². The second kappa shape index (κ2) is 3.22. The molecule has 5 nitrogen and oxygen atoms in total. The molecule has 2 N–H and O–H groups in total. The molecule has 1 aliphatic rings. The van der Waals surface area contributed by atoms with Crippen LogP contribution in [0.15, 0.2) is 0 Å². The maximum Gasteiger partial charge on any atom is 0.326 e. The molecule has 1 fully saturated rings. The number of carbonyl (C=O) groups is 2. The van der Waals surface area contributed by atoms with Gasteiger partial charge >= 0.3 is 5.97 Å². The molecule has 0 bridgehead atoms. The first-order valence-electron chi connectivity index (χ1n) is 3.58. The fraction of sp³-hybridized carbons (Fsp3) is 0.571. The minimum Gasteiger partial charge on any atom is -0.480 e. The number of piperidine rings is 1. The highest BCUT2D eigenvalue weighted by atomic mass is 16.4. The molecule has 5 heteroatoms. The number of amides is 1. The Bertz CT molecular complexity index is 256. The van der Waals surface area contributed by atoms with Crippen LogP contribution in [0.2, 0.25) is 0 Å². The number of nitrogens with one attached hydrogen (secondary N) is 1. The zero-order valence-corrected chi connectivity index (χ0v) is 6.28. The molecule has 0 saturated carbocycles. The van der Waals surface area contributed by atoms with E-state index in [0.717, 1.165) is 0 Å². The van der Waals surface area contributed by atoms with Crippen LogP contribution in [-0.4, -0.2) is 23.0 Å². The van der Waals surface area contributed by atoms with Crippen LogP contribution in [0.1, 0.15) is 12.8 Å². The Morgan fingerprint density at radius 1 is 1.67 bits per heavy atom. The second-order valence-electron chi connectivity index (χ2n) is 2.66. The number of rotatable bonds is 1. The lowest BCUT2D eigenvalue weighted by Crippen LogP contribution is -2.47. The summed E-state index contributed by atoms with van der Waals surface area (Å²) in [6, 6.07) is 0.991. The summed E-state index contributed by atoms with van der Waals surface area (Å²) < 4.78 is 0. The van der Waals surface area contributed by atoms with Crippen molar-refractivity contribution in [3.63, 3.8) is 0 Å². The summed E-state index contributed by atoms with van der Waals surface area (Å²) in [6.45, 7) is 0. The third-order valence-corrected chi connectivity index (χ3v) is 1.83. The highest BCUT2D eigenvalue weighted by molar-refractivity contribution is 5.87. The summed E-state index contributed by atoms with van der Waals surface area (Å²) in [7, 11) is 0. The van der Waals surface area contributed by atoms with Crippen LogP contribution in [0, 0.1) is 17.2 Å². The number of nitrogens with zero attached hydrogens (tertiary/aromatic N) is 1. The maximum atomic E-state index is 10.9. The van der Waals surface area contributed by atoms with Crippen LogP contribution in [0.5, 0.6) is 0 Å². The van der Waals surface area contributed by atoms with E-state index in [1.54, 1.807) is 0 Å². The summed E-state index contributed by atoms with van der Waals surface area (Å²) in [5, 5.41) is 19.2. The van der Waals surface area contributed by atoms with E-state index < -0.39 is 23.8 Å². The van der Waals surface area contributed by atoms with Gasteiger partial charge in [-0.3, -0.25) is 4.79 Å². The first kappa shape index (κ1) is 8.53. The highest BCUT2D eigenvalue weighted by Crippen LogP contribution is 2.14. The van der Waals surface area contributed by atoms with Crippen LogP contribution in [0.3, 0.4) is 0 Å². The van der Waals surface area contributed by atoms with Gasteiger partial charge in [-0.15, -0.1) is 0 Å². The third kappa shape index (κ3) is 1.53. The van der Waals surface area contributed by atoms with Gasteiger partial charge in [0.1, 0.15) is 12.0 Å². The van der Waals surface area contributed by atoms with Gasteiger partial charge in [-0.25, -0.2) is 4.79 Å². The Morgan fingerprint density at radius 2 is 2.33 bits per heavy atom. The summed E-state index contributed by atoms with van der Waals surface area (Å²) in [4.78, 5) is 21.3. The van der Waals surface area contributed by atoms with Gasteiger partial charge < -0.3 is 10.4 Å². The third-order valence-electron chi connectivity index (χ3n) is 1.83. The Kier molecular flexibility index (Phi) is 2.29. The van der Waals surface area contributed by atoms with Crippen molar-refractivity contribution in [2.75, 3.05) is 0 Å². The van der Waals surface area contributed by atoms with Crippen molar-refractivity contribution in [1.82, 2.24) is 5.32 Å². The molecule has 0 spiro atoms. The average molecular weight is 168 g/mol. The van der Waals surface area contributed by atoms with Crippen molar-refractivity contribution >= 4 is 11.9 Å². The molecule has 12 heavy (non-hydrogen) atoms. The van der Waals surface area contributed by atoms with Gasteiger partial charge in [0.25, 0.3) is 0 Å². The molecular formula is C7H8N2O3. The van der Waals surface area contributed by atoms with Crippen molar-refractivity contribution in [3.8, 4) is 6.07 Å². The molecule has 0 aromatic carbocycles. The SMILES string of the molecule is N#CC1CCC(C(=O)O)NC1=O. The molecule has 1 rings (SSSR count). The fourth-order valence-corrected chi connectivity index (χ4v) is 1.12. The van der Waals surface area contributed by atoms with Gasteiger partial charge in [0.15, 0.2) is 0 Å². The fourth-order valence-electron chi connectivity index (χ4n) is 1.12. The van der Waals surface area contributed by atoms with E-state index in [9.17, 15) is 9.59 Å². The van der Waals surface area contributed by atoms with E-state index in [4.69, 9.17) is 10.4 Å². The minimum absolute atomic E-state index is 0.333. The standard InChI is InChI=1S/C7H8N2O3/c8-3-4-1-2-5(7(11)12)9-6(4)10/h4-5H,1-2H2,(H,9,10)(H,11,12). The van der Waals surface area contributed by atoms with Crippen molar-refractivity contribution in [1.29, 1.82) is 5.26 Å². The van der Waals surface area contributed by atoms with Gasteiger partial charge in [0.05, 0.1) is 6.07 Å². The molecule has 0 aliphatic carbocycles. The largest absolute Gasteiger partial charge is 0.480 e. The summed E-state index contributed by atoms with van der Waals surface area (Å²) in [5.41, 5.74) is 0. The molecule has 0 aromatic heterocycles. The van der Waals surface area contributed by atoms with Gasteiger partial charge in [0, 0.05) is 0 Å². The maximum absolute atomic E-state index is 10.9. The van der Waals surface area contributed by atoms with E-state index in [0.29, 0.717) is 12.8 Å². The number of hydrogen-bond acceptors (Lipinski definition) is 3. The number of carboxylic acid groups (broad SMARTS) is 1. The molecule has 0 radical (unpaired) electrons. The number of aliphatic carboxylic acids is 1. The van der Waals surface area contributed by atoms with Gasteiger partial charge in [-0.1, -0.05) is 0 Å².